The Hall–Kier alpha value is -4.52. The zero-order chi connectivity index (χ0) is 22.6. The van der Waals surface area contributed by atoms with Gasteiger partial charge in [0.2, 0.25) is 11.8 Å². The Labute approximate surface area is 191 Å². The van der Waals surface area contributed by atoms with Crippen molar-refractivity contribution in [3.63, 3.8) is 0 Å². The molecule has 2 N–H and O–H groups in total. The van der Waals surface area contributed by atoms with Crippen LogP contribution >= 0.6 is 0 Å². The molecule has 5 aromatic rings. The molecular formula is C26H22N6O. The molecule has 0 aliphatic rings. The van der Waals surface area contributed by atoms with Crippen LogP contribution in [0.5, 0.6) is 11.6 Å². The van der Waals surface area contributed by atoms with Crippen LogP contribution in [0, 0.1) is 6.92 Å². The summed E-state index contributed by atoms with van der Waals surface area (Å²) in [4.78, 5) is 17.8. The number of aromatic nitrogens is 4. The first kappa shape index (κ1) is 20.4. The van der Waals surface area contributed by atoms with Crippen LogP contribution in [0.25, 0.3) is 22.2 Å². The fourth-order valence-corrected chi connectivity index (χ4v) is 3.53. The van der Waals surface area contributed by atoms with Gasteiger partial charge < -0.3 is 15.4 Å². The van der Waals surface area contributed by atoms with Crippen LogP contribution in [0.3, 0.4) is 0 Å². The van der Waals surface area contributed by atoms with Gasteiger partial charge in [-0.25, -0.2) is 19.9 Å². The van der Waals surface area contributed by atoms with Gasteiger partial charge in [0.25, 0.3) is 0 Å². The summed E-state index contributed by atoms with van der Waals surface area (Å²) in [6, 6.07) is 23.6. The summed E-state index contributed by atoms with van der Waals surface area (Å²) >= 11 is 0. The van der Waals surface area contributed by atoms with Crippen molar-refractivity contribution in [2.75, 3.05) is 17.7 Å². The Morgan fingerprint density at radius 2 is 1.73 bits per heavy atom. The number of benzene rings is 2. The lowest BCUT2D eigenvalue weighted by molar-refractivity contribution is 0.461. The zero-order valence-electron chi connectivity index (χ0n) is 18.3. The molecule has 0 saturated carbocycles. The lowest BCUT2D eigenvalue weighted by Crippen LogP contribution is -1.99. The molecule has 0 amide bonds. The van der Waals surface area contributed by atoms with Gasteiger partial charge in [-0.2, -0.15) is 0 Å². The summed E-state index contributed by atoms with van der Waals surface area (Å²) in [5.41, 5.74) is 4.37. The summed E-state index contributed by atoms with van der Waals surface area (Å²) in [5, 5.41) is 7.44. The van der Waals surface area contributed by atoms with Gasteiger partial charge in [0.15, 0.2) is 0 Å². The highest BCUT2D eigenvalue weighted by Gasteiger charge is 2.12. The van der Waals surface area contributed by atoms with E-state index < -0.39 is 0 Å². The average Bonchev–Trinajstić information content (AvgIpc) is 2.86. The van der Waals surface area contributed by atoms with E-state index in [0.717, 1.165) is 45.0 Å². The van der Waals surface area contributed by atoms with Crippen molar-refractivity contribution in [3.8, 4) is 22.9 Å². The summed E-state index contributed by atoms with van der Waals surface area (Å²) in [6.07, 6.45) is 3.41. The minimum Gasteiger partial charge on any atom is -0.438 e. The molecular weight excluding hydrogens is 412 g/mol. The van der Waals surface area contributed by atoms with Crippen molar-refractivity contribution in [2.24, 2.45) is 0 Å². The lowest BCUT2D eigenvalue weighted by Gasteiger charge is -2.13. The van der Waals surface area contributed by atoms with Crippen LogP contribution in [0.4, 0.5) is 17.5 Å². The van der Waals surface area contributed by atoms with Gasteiger partial charge in [-0.05, 0) is 67.1 Å². The van der Waals surface area contributed by atoms with Crippen LogP contribution in [0.2, 0.25) is 0 Å². The highest BCUT2D eigenvalue weighted by atomic mass is 16.5. The van der Waals surface area contributed by atoms with Crippen LogP contribution in [-0.2, 0) is 0 Å². The SMILES string of the molecule is CNc1nccc(-c2cccnc2Oc2ccc(Nc3ccc4ccccc4n3)cc2C)n1. The smallest absolute Gasteiger partial charge is 0.228 e. The fourth-order valence-electron chi connectivity index (χ4n) is 3.53. The van der Waals surface area contributed by atoms with Crippen LogP contribution < -0.4 is 15.4 Å². The molecule has 0 fully saturated rings. The third-order valence-electron chi connectivity index (χ3n) is 5.18. The number of ether oxygens (including phenoxy) is 1. The highest BCUT2D eigenvalue weighted by Crippen LogP contribution is 2.33. The average molecular weight is 435 g/mol. The summed E-state index contributed by atoms with van der Waals surface area (Å²) in [5.74, 6) is 2.53. The summed E-state index contributed by atoms with van der Waals surface area (Å²) < 4.78 is 6.20. The maximum absolute atomic E-state index is 6.20. The first-order valence-corrected chi connectivity index (χ1v) is 10.6. The van der Waals surface area contributed by atoms with Gasteiger partial charge in [-0.15, -0.1) is 0 Å². The molecule has 0 saturated heterocycles. The third-order valence-corrected chi connectivity index (χ3v) is 5.18. The quantitative estimate of drug-likeness (QED) is 0.340. The number of rotatable bonds is 6. The topological polar surface area (TPSA) is 84.9 Å². The molecule has 2 aromatic carbocycles. The third kappa shape index (κ3) is 4.43. The number of nitrogens with zero attached hydrogens (tertiary/aromatic N) is 4. The predicted molar refractivity (Wildman–Crippen MR) is 131 cm³/mol. The summed E-state index contributed by atoms with van der Waals surface area (Å²) in [7, 11) is 1.78. The monoisotopic (exact) mass is 434 g/mol. The molecule has 7 nitrogen and oxygen atoms in total. The Balaban J connectivity index is 1.39. The second-order valence-corrected chi connectivity index (χ2v) is 7.47. The molecule has 0 aliphatic carbocycles. The highest BCUT2D eigenvalue weighted by molar-refractivity contribution is 5.80. The number of anilines is 3. The molecule has 7 heteroatoms. The second-order valence-electron chi connectivity index (χ2n) is 7.47. The number of pyridine rings is 2. The van der Waals surface area contributed by atoms with Crippen molar-refractivity contribution in [1.82, 2.24) is 19.9 Å². The van der Waals surface area contributed by atoms with E-state index in [0.29, 0.717) is 11.8 Å². The molecule has 33 heavy (non-hydrogen) atoms. The predicted octanol–water partition coefficient (Wildman–Crippen LogP) is 5.97. The molecule has 5 rings (SSSR count). The van der Waals surface area contributed by atoms with E-state index in [2.05, 4.69) is 42.7 Å². The number of aryl methyl sites for hydroxylation is 1. The first-order chi connectivity index (χ1) is 16.2. The Morgan fingerprint density at radius 1 is 0.818 bits per heavy atom. The van der Waals surface area contributed by atoms with Gasteiger partial charge in [0.1, 0.15) is 11.6 Å². The molecule has 0 aliphatic heterocycles. The van der Waals surface area contributed by atoms with E-state index in [9.17, 15) is 0 Å². The van der Waals surface area contributed by atoms with Crippen molar-refractivity contribution >= 4 is 28.4 Å². The van der Waals surface area contributed by atoms with E-state index in [4.69, 9.17) is 4.74 Å². The van der Waals surface area contributed by atoms with Gasteiger partial charge >= 0.3 is 0 Å². The number of nitrogens with one attached hydrogen (secondary N) is 2. The Bertz CT molecular complexity index is 1440. The summed E-state index contributed by atoms with van der Waals surface area (Å²) in [6.45, 7) is 2.00. The molecule has 3 heterocycles. The Morgan fingerprint density at radius 3 is 2.61 bits per heavy atom. The van der Waals surface area contributed by atoms with E-state index in [-0.39, 0.29) is 0 Å². The van der Waals surface area contributed by atoms with Crippen molar-refractivity contribution in [3.05, 3.63) is 90.8 Å². The van der Waals surface area contributed by atoms with E-state index in [1.165, 1.54) is 0 Å². The van der Waals surface area contributed by atoms with E-state index in [1.54, 1.807) is 19.4 Å². The number of hydrogen-bond donors (Lipinski definition) is 2. The normalized spacial score (nSPS) is 10.7. The number of para-hydroxylation sites is 1. The number of hydrogen-bond acceptors (Lipinski definition) is 7. The molecule has 0 unspecified atom stereocenters. The van der Waals surface area contributed by atoms with Crippen molar-refractivity contribution < 1.29 is 4.74 Å². The maximum atomic E-state index is 6.20. The first-order valence-electron chi connectivity index (χ1n) is 10.6. The fraction of sp³-hybridized carbons (Fsp3) is 0.0769. The molecule has 3 aromatic heterocycles. The van der Waals surface area contributed by atoms with E-state index in [1.807, 2.05) is 67.6 Å². The lowest BCUT2D eigenvalue weighted by atomic mass is 10.1. The second kappa shape index (κ2) is 8.92. The zero-order valence-corrected chi connectivity index (χ0v) is 18.3. The Kier molecular flexibility index (Phi) is 5.51. The van der Waals surface area contributed by atoms with Crippen molar-refractivity contribution in [2.45, 2.75) is 6.92 Å². The van der Waals surface area contributed by atoms with Gasteiger partial charge in [-0.3, -0.25) is 0 Å². The molecule has 162 valence electrons. The van der Waals surface area contributed by atoms with Crippen LogP contribution in [-0.4, -0.2) is 27.0 Å². The standard InChI is InChI=1S/C26H22N6O/c1-17-16-19(30-24-12-9-18-6-3-4-8-21(18)31-24)10-11-23(17)33-25-20(7-5-14-28-25)22-13-15-29-26(27-2)32-22/h3-16H,1-2H3,(H,30,31)(H,27,29,32). The molecule has 0 radical (unpaired) electrons. The van der Waals surface area contributed by atoms with Gasteiger partial charge in [-0.1, -0.05) is 18.2 Å². The van der Waals surface area contributed by atoms with E-state index >= 15 is 0 Å². The number of fused-ring (bicyclic) bond motifs is 1. The van der Waals surface area contributed by atoms with Crippen LogP contribution in [0.1, 0.15) is 5.56 Å². The maximum Gasteiger partial charge on any atom is 0.228 e. The molecule has 0 bridgehead atoms. The van der Waals surface area contributed by atoms with Gasteiger partial charge in [0.05, 0.1) is 16.8 Å². The van der Waals surface area contributed by atoms with Gasteiger partial charge in [0, 0.05) is 30.5 Å². The molecule has 0 spiro atoms. The largest absolute Gasteiger partial charge is 0.438 e. The van der Waals surface area contributed by atoms with Crippen LogP contribution in [0.15, 0.2) is 85.2 Å². The minimum atomic E-state index is 0.484. The molecule has 0 atom stereocenters. The minimum absolute atomic E-state index is 0.484. The van der Waals surface area contributed by atoms with Crippen molar-refractivity contribution in [1.29, 1.82) is 0 Å².